The van der Waals surface area contributed by atoms with Gasteiger partial charge in [0.25, 0.3) is 0 Å². The monoisotopic (exact) mass is 259 g/mol. The zero-order valence-corrected chi connectivity index (χ0v) is 10.9. The summed E-state index contributed by atoms with van der Waals surface area (Å²) in [5, 5.41) is 16.1. The third kappa shape index (κ3) is 6.07. The SMILES string of the molecule is CCCC(NC(=O)NC(C)C(=O)NCC)C(=O)O. The van der Waals surface area contributed by atoms with Crippen LogP contribution in [0.2, 0.25) is 0 Å². The van der Waals surface area contributed by atoms with Crippen molar-refractivity contribution in [3.8, 4) is 0 Å². The molecular weight excluding hydrogens is 238 g/mol. The van der Waals surface area contributed by atoms with Gasteiger partial charge in [-0.25, -0.2) is 9.59 Å². The Labute approximate surface area is 106 Å². The van der Waals surface area contributed by atoms with E-state index in [1.54, 1.807) is 6.92 Å². The van der Waals surface area contributed by atoms with Gasteiger partial charge in [-0.05, 0) is 20.3 Å². The van der Waals surface area contributed by atoms with Crippen LogP contribution < -0.4 is 16.0 Å². The highest BCUT2D eigenvalue weighted by molar-refractivity contribution is 5.88. The molecule has 3 amide bonds. The van der Waals surface area contributed by atoms with Gasteiger partial charge in [0.15, 0.2) is 0 Å². The first-order valence-electron chi connectivity index (χ1n) is 5.99. The first-order valence-corrected chi connectivity index (χ1v) is 5.99. The van der Waals surface area contributed by atoms with Crippen molar-refractivity contribution in [2.24, 2.45) is 0 Å². The summed E-state index contributed by atoms with van der Waals surface area (Å²) in [4.78, 5) is 33.7. The fourth-order valence-electron chi connectivity index (χ4n) is 1.34. The zero-order chi connectivity index (χ0) is 14.1. The van der Waals surface area contributed by atoms with Crippen LogP contribution in [-0.2, 0) is 9.59 Å². The Morgan fingerprint density at radius 2 is 1.78 bits per heavy atom. The maximum absolute atomic E-state index is 11.5. The number of hydrogen-bond donors (Lipinski definition) is 4. The highest BCUT2D eigenvalue weighted by Crippen LogP contribution is 1.96. The first kappa shape index (κ1) is 16.2. The second-order valence-electron chi connectivity index (χ2n) is 3.91. The molecule has 7 heteroatoms. The largest absolute Gasteiger partial charge is 0.480 e. The molecule has 0 spiro atoms. The van der Waals surface area contributed by atoms with Gasteiger partial charge in [-0.2, -0.15) is 0 Å². The number of carbonyl (C=O) groups excluding carboxylic acids is 2. The number of aliphatic carboxylic acids is 1. The summed E-state index contributed by atoms with van der Waals surface area (Å²) >= 11 is 0. The summed E-state index contributed by atoms with van der Waals surface area (Å²) in [5.74, 6) is -1.40. The molecule has 0 radical (unpaired) electrons. The molecule has 0 aliphatic carbocycles. The fraction of sp³-hybridized carbons (Fsp3) is 0.727. The summed E-state index contributed by atoms with van der Waals surface area (Å²) in [7, 11) is 0. The standard InChI is InChI=1S/C11H21N3O4/c1-4-6-8(10(16)17)14-11(18)13-7(3)9(15)12-5-2/h7-8H,4-6H2,1-3H3,(H,12,15)(H,16,17)(H2,13,14,18). The zero-order valence-electron chi connectivity index (χ0n) is 10.9. The van der Waals surface area contributed by atoms with Crippen LogP contribution in [0.4, 0.5) is 4.79 Å². The van der Waals surface area contributed by atoms with Gasteiger partial charge in [-0.3, -0.25) is 4.79 Å². The average Bonchev–Trinajstić information content (AvgIpc) is 2.28. The predicted molar refractivity (Wildman–Crippen MR) is 66.1 cm³/mol. The number of carboxylic acid groups (broad SMARTS) is 1. The van der Waals surface area contributed by atoms with Gasteiger partial charge in [0.1, 0.15) is 12.1 Å². The molecule has 0 saturated heterocycles. The lowest BCUT2D eigenvalue weighted by Crippen LogP contribution is -2.52. The second kappa shape index (κ2) is 8.32. The third-order valence-corrected chi connectivity index (χ3v) is 2.27. The second-order valence-corrected chi connectivity index (χ2v) is 3.91. The number of carboxylic acids is 1. The minimum absolute atomic E-state index is 0.310. The number of hydrogen-bond acceptors (Lipinski definition) is 3. The summed E-state index contributed by atoms with van der Waals surface area (Å²) in [6.07, 6.45) is 0.988. The topological polar surface area (TPSA) is 108 Å². The first-order chi connectivity index (χ1) is 8.42. The molecule has 0 fully saturated rings. The normalized spacial score (nSPS) is 13.3. The van der Waals surface area contributed by atoms with E-state index in [0.717, 1.165) is 0 Å². The lowest BCUT2D eigenvalue weighted by Gasteiger charge is -2.17. The molecule has 0 aliphatic rings. The van der Waals surface area contributed by atoms with E-state index in [2.05, 4.69) is 16.0 Å². The van der Waals surface area contributed by atoms with Crippen molar-refractivity contribution in [3.63, 3.8) is 0 Å². The van der Waals surface area contributed by atoms with E-state index in [9.17, 15) is 14.4 Å². The maximum atomic E-state index is 11.5. The van der Waals surface area contributed by atoms with Crippen molar-refractivity contribution < 1.29 is 19.5 Å². The average molecular weight is 259 g/mol. The van der Waals surface area contributed by atoms with Crippen molar-refractivity contribution >= 4 is 17.9 Å². The minimum atomic E-state index is -1.09. The summed E-state index contributed by atoms with van der Waals surface area (Å²) < 4.78 is 0. The smallest absolute Gasteiger partial charge is 0.326 e. The molecule has 104 valence electrons. The summed E-state index contributed by atoms with van der Waals surface area (Å²) in [6, 6.07) is -2.30. The quantitative estimate of drug-likeness (QED) is 0.518. The van der Waals surface area contributed by atoms with Crippen LogP contribution in [0.25, 0.3) is 0 Å². The number of nitrogens with one attached hydrogen (secondary N) is 3. The van der Waals surface area contributed by atoms with Gasteiger partial charge in [0.2, 0.25) is 5.91 Å². The lowest BCUT2D eigenvalue weighted by atomic mass is 10.2. The molecule has 0 rings (SSSR count). The van der Waals surface area contributed by atoms with E-state index in [1.807, 2.05) is 6.92 Å². The van der Waals surface area contributed by atoms with Gasteiger partial charge in [-0.1, -0.05) is 13.3 Å². The van der Waals surface area contributed by atoms with Crippen molar-refractivity contribution in [2.45, 2.75) is 45.7 Å². The highest BCUT2D eigenvalue weighted by atomic mass is 16.4. The molecule has 4 N–H and O–H groups in total. The van der Waals surface area contributed by atoms with Crippen LogP contribution >= 0.6 is 0 Å². The number of rotatable bonds is 7. The van der Waals surface area contributed by atoms with E-state index >= 15 is 0 Å². The molecule has 0 aliphatic heterocycles. The van der Waals surface area contributed by atoms with Crippen molar-refractivity contribution in [2.75, 3.05) is 6.54 Å². The van der Waals surface area contributed by atoms with Gasteiger partial charge < -0.3 is 21.1 Å². The number of carbonyl (C=O) groups is 3. The Morgan fingerprint density at radius 1 is 1.17 bits per heavy atom. The Morgan fingerprint density at radius 3 is 2.22 bits per heavy atom. The molecule has 0 saturated carbocycles. The van der Waals surface area contributed by atoms with Crippen molar-refractivity contribution in [3.05, 3.63) is 0 Å². The molecule has 0 aromatic heterocycles. The predicted octanol–water partition coefficient (Wildman–Crippen LogP) is 0.0635. The molecule has 0 heterocycles. The Kier molecular flexibility index (Phi) is 7.50. The van der Waals surface area contributed by atoms with Crippen molar-refractivity contribution in [1.29, 1.82) is 0 Å². The number of amides is 3. The van der Waals surface area contributed by atoms with Crippen LogP contribution in [0.5, 0.6) is 0 Å². The summed E-state index contributed by atoms with van der Waals surface area (Å²) in [6.45, 7) is 5.60. The van der Waals surface area contributed by atoms with E-state index < -0.39 is 24.1 Å². The fourth-order valence-corrected chi connectivity index (χ4v) is 1.34. The lowest BCUT2D eigenvalue weighted by molar-refractivity contribution is -0.139. The molecule has 0 aromatic rings. The molecule has 2 atom stereocenters. The summed E-state index contributed by atoms with van der Waals surface area (Å²) in [5.41, 5.74) is 0. The van der Waals surface area contributed by atoms with Crippen LogP contribution in [0.15, 0.2) is 0 Å². The molecule has 2 unspecified atom stereocenters. The van der Waals surface area contributed by atoms with E-state index in [0.29, 0.717) is 19.4 Å². The Hall–Kier alpha value is -1.79. The van der Waals surface area contributed by atoms with E-state index in [4.69, 9.17) is 5.11 Å². The highest BCUT2D eigenvalue weighted by Gasteiger charge is 2.21. The molecular formula is C11H21N3O4. The molecule has 7 nitrogen and oxygen atoms in total. The maximum Gasteiger partial charge on any atom is 0.326 e. The molecule has 18 heavy (non-hydrogen) atoms. The van der Waals surface area contributed by atoms with Crippen LogP contribution in [0.3, 0.4) is 0 Å². The number of likely N-dealkylation sites (N-methyl/N-ethyl adjacent to an activating group) is 1. The molecule has 0 bridgehead atoms. The third-order valence-electron chi connectivity index (χ3n) is 2.27. The van der Waals surface area contributed by atoms with Gasteiger partial charge >= 0.3 is 12.0 Å². The van der Waals surface area contributed by atoms with Crippen LogP contribution in [0, 0.1) is 0 Å². The van der Waals surface area contributed by atoms with Crippen LogP contribution in [0.1, 0.15) is 33.6 Å². The van der Waals surface area contributed by atoms with E-state index in [1.165, 1.54) is 6.92 Å². The number of urea groups is 1. The van der Waals surface area contributed by atoms with Crippen molar-refractivity contribution in [1.82, 2.24) is 16.0 Å². The van der Waals surface area contributed by atoms with Gasteiger partial charge in [0, 0.05) is 6.54 Å². The van der Waals surface area contributed by atoms with E-state index in [-0.39, 0.29) is 5.91 Å². The minimum Gasteiger partial charge on any atom is -0.480 e. The molecule has 0 aromatic carbocycles. The Balaban J connectivity index is 4.23. The van der Waals surface area contributed by atoms with Gasteiger partial charge in [-0.15, -0.1) is 0 Å². The van der Waals surface area contributed by atoms with Crippen LogP contribution in [-0.4, -0.2) is 41.6 Å². The Bertz CT molecular complexity index is 307. The van der Waals surface area contributed by atoms with Gasteiger partial charge in [0.05, 0.1) is 0 Å².